The third-order valence-electron chi connectivity index (χ3n) is 2.60. The molecule has 0 bridgehead atoms. The fraction of sp³-hybridized carbons (Fsp3) is 0.900. The standard InChI is InChI=1S/C10H19NO2/c1-8(12)6-11-5-3-4-10(7-11)9(2)13/h8,10,12H,3-7H2,1-2H3. The Morgan fingerprint density at radius 2 is 2.38 bits per heavy atom. The lowest BCUT2D eigenvalue weighted by atomic mass is 9.94. The highest BCUT2D eigenvalue weighted by Crippen LogP contribution is 2.17. The van der Waals surface area contributed by atoms with E-state index in [1.165, 1.54) is 0 Å². The van der Waals surface area contributed by atoms with E-state index < -0.39 is 0 Å². The first kappa shape index (κ1) is 10.7. The van der Waals surface area contributed by atoms with Crippen molar-refractivity contribution < 1.29 is 9.90 Å². The van der Waals surface area contributed by atoms with Gasteiger partial charge in [0, 0.05) is 19.0 Å². The van der Waals surface area contributed by atoms with Gasteiger partial charge in [0.05, 0.1) is 6.10 Å². The lowest BCUT2D eigenvalue weighted by Gasteiger charge is -2.32. The largest absolute Gasteiger partial charge is 0.392 e. The molecule has 0 aromatic rings. The Morgan fingerprint density at radius 1 is 1.69 bits per heavy atom. The minimum Gasteiger partial charge on any atom is -0.392 e. The number of hydrogen-bond acceptors (Lipinski definition) is 3. The Morgan fingerprint density at radius 3 is 2.92 bits per heavy atom. The number of Topliss-reactive ketones (excluding diaryl/α,β-unsaturated/α-hetero) is 1. The molecule has 1 rings (SSSR count). The molecule has 3 heteroatoms. The fourth-order valence-corrected chi connectivity index (χ4v) is 1.93. The Balaban J connectivity index is 2.37. The Kier molecular flexibility index (Phi) is 3.88. The summed E-state index contributed by atoms with van der Waals surface area (Å²) in [6.07, 6.45) is 1.81. The third-order valence-corrected chi connectivity index (χ3v) is 2.60. The van der Waals surface area contributed by atoms with E-state index in [1.807, 2.05) is 0 Å². The minimum atomic E-state index is -0.286. The van der Waals surface area contributed by atoms with E-state index >= 15 is 0 Å². The molecule has 0 saturated carbocycles. The highest BCUT2D eigenvalue weighted by molar-refractivity contribution is 5.78. The van der Waals surface area contributed by atoms with E-state index in [0.717, 1.165) is 25.9 Å². The van der Waals surface area contributed by atoms with Gasteiger partial charge in [-0.25, -0.2) is 0 Å². The third kappa shape index (κ3) is 3.44. The number of ketones is 1. The van der Waals surface area contributed by atoms with Gasteiger partial charge >= 0.3 is 0 Å². The maximum Gasteiger partial charge on any atom is 0.134 e. The topological polar surface area (TPSA) is 40.5 Å². The number of piperidine rings is 1. The van der Waals surface area contributed by atoms with Crippen LogP contribution in [0.5, 0.6) is 0 Å². The summed E-state index contributed by atoms with van der Waals surface area (Å²) in [7, 11) is 0. The van der Waals surface area contributed by atoms with Crippen LogP contribution in [0.4, 0.5) is 0 Å². The van der Waals surface area contributed by atoms with Crippen molar-refractivity contribution in [1.82, 2.24) is 4.90 Å². The molecular formula is C10H19NO2. The quantitative estimate of drug-likeness (QED) is 0.702. The van der Waals surface area contributed by atoms with E-state index in [-0.39, 0.29) is 17.8 Å². The molecule has 1 aliphatic rings. The Hall–Kier alpha value is -0.410. The molecule has 1 saturated heterocycles. The number of carbonyl (C=O) groups excluding carboxylic acids is 1. The van der Waals surface area contributed by atoms with Crippen molar-refractivity contribution in [2.24, 2.45) is 5.92 Å². The zero-order chi connectivity index (χ0) is 9.84. The molecule has 0 aromatic heterocycles. The number of rotatable bonds is 3. The highest BCUT2D eigenvalue weighted by atomic mass is 16.3. The van der Waals surface area contributed by atoms with E-state index in [0.29, 0.717) is 6.54 Å². The van der Waals surface area contributed by atoms with Gasteiger partial charge in [-0.05, 0) is 33.2 Å². The normalized spacial score (nSPS) is 27.2. The predicted molar refractivity (Wildman–Crippen MR) is 51.5 cm³/mol. The molecule has 0 radical (unpaired) electrons. The van der Waals surface area contributed by atoms with Crippen LogP contribution in [-0.4, -0.2) is 41.5 Å². The van der Waals surface area contributed by atoms with Gasteiger partial charge in [0.1, 0.15) is 5.78 Å². The highest BCUT2D eigenvalue weighted by Gasteiger charge is 2.23. The van der Waals surface area contributed by atoms with Crippen LogP contribution in [-0.2, 0) is 4.79 Å². The molecule has 3 nitrogen and oxygen atoms in total. The van der Waals surface area contributed by atoms with Crippen LogP contribution in [0.25, 0.3) is 0 Å². The molecule has 1 fully saturated rings. The SMILES string of the molecule is CC(=O)C1CCCN(CC(C)O)C1. The molecule has 1 heterocycles. The van der Waals surface area contributed by atoms with Crippen molar-refractivity contribution in [3.63, 3.8) is 0 Å². The lowest BCUT2D eigenvalue weighted by molar-refractivity contribution is -0.122. The second-order valence-electron chi connectivity index (χ2n) is 4.06. The van der Waals surface area contributed by atoms with E-state index in [4.69, 9.17) is 0 Å². The number of aliphatic hydroxyl groups is 1. The average molecular weight is 185 g/mol. The molecule has 0 amide bonds. The Bertz CT molecular complexity index is 180. The van der Waals surface area contributed by atoms with Crippen molar-refractivity contribution in [1.29, 1.82) is 0 Å². The van der Waals surface area contributed by atoms with Gasteiger partial charge in [0.25, 0.3) is 0 Å². The van der Waals surface area contributed by atoms with E-state index in [1.54, 1.807) is 13.8 Å². The molecule has 76 valence electrons. The number of hydrogen-bond donors (Lipinski definition) is 1. The maximum atomic E-state index is 11.1. The summed E-state index contributed by atoms with van der Waals surface area (Å²) < 4.78 is 0. The van der Waals surface area contributed by atoms with Gasteiger partial charge in [0.2, 0.25) is 0 Å². The van der Waals surface area contributed by atoms with Crippen molar-refractivity contribution in [3.8, 4) is 0 Å². The first-order valence-electron chi connectivity index (χ1n) is 5.00. The zero-order valence-electron chi connectivity index (χ0n) is 8.49. The smallest absolute Gasteiger partial charge is 0.134 e. The molecule has 2 unspecified atom stereocenters. The molecule has 1 aliphatic heterocycles. The number of carbonyl (C=O) groups is 1. The number of nitrogens with zero attached hydrogens (tertiary/aromatic N) is 1. The van der Waals surface area contributed by atoms with Crippen molar-refractivity contribution in [2.75, 3.05) is 19.6 Å². The van der Waals surface area contributed by atoms with Crippen LogP contribution in [0, 0.1) is 5.92 Å². The first-order chi connectivity index (χ1) is 6.09. The van der Waals surface area contributed by atoms with Crippen LogP contribution >= 0.6 is 0 Å². The van der Waals surface area contributed by atoms with Crippen molar-refractivity contribution in [2.45, 2.75) is 32.8 Å². The Labute approximate surface area is 79.7 Å². The van der Waals surface area contributed by atoms with Crippen LogP contribution in [0.3, 0.4) is 0 Å². The second-order valence-corrected chi connectivity index (χ2v) is 4.06. The summed E-state index contributed by atoms with van der Waals surface area (Å²) in [6.45, 7) is 6.01. The summed E-state index contributed by atoms with van der Waals surface area (Å²) in [4.78, 5) is 13.3. The zero-order valence-corrected chi connectivity index (χ0v) is 8.49. The van der Waals surface area contributed by atoms with Crippen molar-refractivity contribution >= 4 is 5.78 Å². The lowest BCUT2D eigenvalue weighted by Crippen LogP contribution is -2.41. The van der Waals surface area contributed by atoms with Crippen LogP contribution in [0.1, 0.15) is 26.7 Å². The first-order valence-corrected chi connectivity index (χ1v) is 5.00. The summed E-state index contributed by atoms with van der Waals surface area (Å²) in [6, 6.07) is 0. The second kappa shape index (κ2) is 4.72. The fourth-order valence-electron chi connectivity index (χ4n) is 1.93. The predicted octanol–water partition coefficient (Wildman–Crippen LogP) is 0.668. The molecule has 0 spiro atoms. The van der Waals surface area contributed by atoms with Gasteiger partial charge in [-0.15, -0.1) is 0 Å². The summed E-state index contributed by atoms with van der Waals surface area (Å²) in [5.41, 5.74) is 0. The molecule has 13 heavy (non-hydrogen) atoms. The van der Waals surface area contributed by atoms with Crippen LogP contribution < -0.4 is 0 Å². The molecule has 2 atom stereocenters. The molecular weight excluding hydrogens is 166 g/mol. The van der Waals surface area contributed by atoms with Gasteiger partial charge < -0.3 is 10.0 Å². The van der Waals surface area contributed by atoms with Gasteiger partial charge in [-0.1, -0.05) is 0 Å². The molecule has 0 aliphatic carbocycles. The van der Waals surface area contributed by atoms with Gasteiger partial charge in [-0.3, -0.25) is 4.79 Å². The van der Waals surface area contributed by atoms with Gasteiger partial charge in [-0.2, -0.15) is 0 Å². The summed E-state index contributed by atoms with van der Waals surface area (Å²) in [5, 5.41) is 9.20. The number of β-amino-alcohol motifs (C(OH)–C–C–N with tert-alkyl or cyclic N) is 1. The van der Waals surface area contributed by atoms with E-state index in [2.05, 4.69) is 4.90 Å². The average Bonchev–Trinajstić information content (AvgIpc) is 2.03. The van der Waals surface area contributed by atoms with Crippen LogP contribution in [0.2, 0.25) is 0 Å². The summed E-state index contributed by atoms with van der Waals surface area (Å²) >= 11 is 0. The maximum absolute atomic E-state index is 11.1. The summed E-state index contributed by atoms with van der Waals surface area (Å²) in [5.74, 6) is 0.489. The number of aliphatic hydroxyl groups excluding tert-OH is 1. The minimum absolute atomic E-state index is 0.201. The molecule has 1 N–H and O–H groups in total. The van der Waals surface area contributed by atoms with E-state index in [9.17, 15) is 9.90 Å². The van der Waals surface area contributed by atoms with Crippen LogP contribution in [0.15, 0.2) is 0 Å². The van der Waals surface area contributed by atoms with Crippen molar-refractivity contribution in [3.05, 3.63) is 0 Å². The monoisotopic (exact) mass is 185 g/mol. The number of likely N-dealkylation sites (tertiary alicyclic amines) is 1. The molecule has 0 aromatic carbocycles. The van der Waals surface area contributed by atoms with Gasteiger partial charge in [0.15, 0.2) is 0 Å².